The molecule has 2 aliphatic heterocycles. The van der Waals surface area contributed by atoms with Gasteiger partial charge in [-0.05, 0) is 87.0 Å². The molecule has 3 atom stereocenters. The highest BCUT2D eigenvalue weighted by Crippen LogP contribution is 2.60. The van der Waals surface area contributed by atoms with E-state index in [0.29, 0.717) is 24.2 Å². The minimum Gasteiger partial charge on any atom is -0.353 e. The third-order valence-electron chi connectivity index (χ3n) is 10.7. The molecule has 210 valence electrons. The molecule has 2 bridgehead atoms. The number of piperazine rings is 1. The van der Waals surface area contributed by atoms with Crippen molar-refractivity contribution in [3.63, 3.8) is 0 Å². The number of piperidine rings is 1. The van der Waals surface area contributed by atoms with Crippen molar-refractivity contribution < 1.29 is 4.79 Å². The molecule has 0 spiro atoms. The van der Waals surface area contributed by atoms with Crippen molar-refractivity contribution in [2.45, 2.75) is 68.9 Å². The van der Waals surface area contributed by atoms with Crippen molar-refractivity contribution in [2.75, 3.05) is 52.9 Å². The molecule has 2 aromatic rings. The van der Waals surface area contributed by atoms with Crippen LogP contribution >= 0.6 is 0 Å². The molecule has 5 nitrogen and oxygen atoms in total. The average molecular weight is 529 g/mol. The lowest BCUT2D eigenvalue weighted by molar-refractivity contribution is -0.126. The molecule has 39 heavy (non-hydrogen) atoms. The second-order valence-corrected chi connectivity index (χ2v) is 13.2. The largest absolute Gasteiger partial charge is 0.353 e. The molecule has 5 aliphatic rings. The maximum absolute atomic E-state index is 13.5. The third-order valence-corrected chi connectivity index (χ3v) is 10.7. The molecule has 3 saturated carbocycles. The van der Waals surface area contributed by atoms with Gasteiger partial charge in [0, 0.05) is 50.7 Å². The van der Waals surface area contributed by atoms with E-state index in [-0.39, 0.29) is 17.5 Å². The van der Waals surface area contributed by atoms with Crippen LogP contribution < -0.4 is 5.32 Å². The number of nitrogens with one attached hydrogen (secondary N) is 1. The van der Waals surface area contributed by atoms with Gasteiger partial charge in [-0.3, -0.25) is 9.69 Å². The number of carbonyl (C=O) groups is 1. The fraction of sp³-hybridized carbons (Fsp3) is 0.618. The van der Waals surface area contributed by atoms with Crippen molar-refractivity contribution >= 4 is 5.91 Å². The van der Waals surface area contributed by atoms with Crippen molar-refractivity contribution in [3.8, 4) is 0 Å². The molecule has 1 N–H and O–H groups in total. The van der Waals surface area contributed by atoms with Crippen LogP contribution in [0.15, 0.2) is 60.7 Å². The second kappa shape index (κ2) is 11.7. The molecule has 1 amide bonds. The van der Waals surface area contributed by atoms with Gasteiger partial charge in [-0.2, -0.15) is 0 Å². The Morgan fingerprint density at radius 2 is 1.38 bits per heavy atom. The first-order chi connectivity index (χ1) is 19.0. The van der Waals surface area contributed by atoms with Gasteiger partial charge in [0.25, 0.3) is 0 Å². The van der Waals surface area contributed by atoms with Crippen LogP contribution in [0.3, 0.4) is 0 Å². The lowest BCUT2D eigenvalue weighted by Gasteiger charge is -2.63. The van der Waals surface area contributed by atoms with E-state index in [4.69, 9.17) is 0 Å². The summed E-state index contributed by atoms with van der Waals surface area (Å²) < 4.78 is 0. The average Bonchev–Trinajstić information content (AvgIpc) is 2.98. The number of likely N-dealkylation sites (N-methyl/N-ethyl adjacent to an activating group) is 1. The van der Waals surface area contributed by atoms with Gasteiger partial charge in [0.1, 0.15) is 0 Å². The van der Waals surface area contributed by atoms with Gasteiger partial charge in [-0.15, -0.1) is 0 Å². The number of rotatable bonds is 7. The lowest BCUT2D eigenvalue weighted by Crippen LogP contribution is -2.66. The SMILES string of the molecule is CC1CCN(C23C[C@H](c4ccccc4)C([C@@H](c4ccccc4)C2)[C@H](NC(=O)CCN2CCN(C)CC2)C3)CC1. The number of hydrogen-bond acceptors (Lipinski definition) is 4. The standard InChI is InChI=1S/C34H48N4O/c1-26-13-17-38(18-14-26)34-23-29(27-9-5-3-6-10-27)33(30(24-34)28-11-7-4-8-12-28)31(25-34)35-32(39)15-16-37-21-19-36(2)20-22-37/h3-12,26,29-31,33H,13-25H2,1-2H3,(H,35,39)/t29-,30-,31-,33?,34?/m1/s1. The van der Waals surface area contributed by atoms with Crippen LogP contribution in [0.25, 0.3) is 0 Å². The van der Waals surface area contributed by atoms with Crippen molar-refractivity contribution in [1.82, 2.24) is 20.0 Å². The molecule has 2 aromatic carbocycles. The summed E-state index contributed by atoms with van der Waals surface area (Å²) >= 11 is 0. The second-order valence-electron chi connectivity index (χ2n) is 13.2. The molecule has 5 fully saturated rings. The Labute approximate surface area is 235 Å². The maximum Gasteiger partial charge on any atom is 0.221 e. The number of carbonyl (C=O) groups excluding carboxylic acids is 1. The molecule has 2 heterocycles. The van der Waals surface area contributed by atoms with E-state index in [1.165, 1.54) is 49.9 Å². The van der Waals surface area contributed by atoms with E-state index in [0.717, 1.165) is 45.1 Å². The predicted octanol–water partition coefficient (Wildman–Crippen LogP) is 4.96. The highest BCUT2D eigenvalue weighted by atomic mass is 16.1. The van der Waals surface area contributed by atoms with E-state index >= 15 is 0 Å². The Morgan fingerprint density at radius 1 is 0.821 bits per heavy atom. The molecular formula is C34H48N4O. The topological polar surface area (TPSA) is 38.8 Å². The van der Waals surface area contributed by atoms with Crippen molar-refractivity contribution in [1.29, 1.82) is 0 Å². The first-order valence-electron chi connectivity index (χ1n) is 15.6. The summed E-state index contributed by atoms with van der Waals surface area (Å²) in [5.74, 6) is 2.40. The summed E-state index contributed by atoms with van der Waals surface area (Å²) in [7, 11) is 2.19. The van der Waals surface area contributed by atoms with Crippen LogP contribution in [0.5, 0.6) is 0 Å². The quantitative estimate of drug-likeness (QED) is 0.551. The fourth-order valence-corrected chi connectivity index (χ4v) is 8.44. The van der Waals surface area contributed by atoms with E-state index in [2.05, 4.69) is 94.7 Å². The Hall–Kier alpha value is -2.21. The number of nitrogens with zero attached hydrogens (tertiary/aromatic N) is 3. The summed E-state index contributed by atoms with van der Waals surface area (Å²) in [6, 6.07) is 22.7. The predicted molar refractivity (Wildman–Crippen MR) is 159 cm³/mol. The van der Waals surface area contributed by atoms with E-state index in [1.807, 2.05) is 0 Å². The first-order valence-corrected chi connectivity index (χ1v) is 15.6. The highest BCUT2D eigenvalue weighted by molar-refractivity contribution is 5.76. The van der Waals surface area contributed by atoms with Gasteiger partial charge in [-0.25, -0.2) is 0 Å². The minimum absolute atomic E-state index is 0.144. The Morgan fingerprint density at radius 3 is 1.95 bits per heavy atom. The Kier molecular flexibility index (Phi) is 8.11. The molecule has 2 saturated heterocycles. The zero-order valence-corrected chi connectivity index (χ0v) is 24.1. The molecule has 5 heteroatoms. The van der Waals surface area contributed by atoms with E-state index in [1.54, 1.807) is 0 Å². The lowest BCUT2D eigenvalue weighted by atomic mass is 9.50. The Balaban J connectivity index is 1.29. The summed E-state index contributed by atoms with van der Waals surface area (Å²) in [5, 5.41) is 3.67. The maximum atomic E-state index is 13.5. The number of likely N-dealkylation sites (tertiary alicyclic amines) is 1. The molecule has 0 unspecified atom stereocenters. The summed E-state index contributed by atoms with van der Waals surface area (Å²) in [5.41, 5.74) is 3.05. The van der Waals surface area contributed by atoms with Crippen molar-refractivity contribution in [3.05, 3.63) is 71.8 Å². The van der Waals surface area contributed by atoms with Gasteiger partial charge in [-0.1, -0.05) is 67.6 Å². The summed E-state index contributed by atoms with van der Waals surface area (Å²) in [6.45, 7) is 10.0. The molecule has 3 aliphatic carbocycles. The van der Waals surface area contributed by atoms with Crippen molar-refractivity contribution in [2.24, 2.45) is 11.8 Å². The third kappa shape index (κ3) is 5.82. The zero-order chi connectivity index (χ0) is 26.8. The van der Waals surface area contributed by atoms with Gasteiger partial charge in [0.05, 0.1) is 0 Å². The molecule has 7 rings (SSSR count). The van der Waals surface area contributed by atoms with Crippen LogP contribution in [-0.4, -0.2) is 85.0 Å². The minimum atomic E-state index is 0.144. The first kappa shape index (κ1) is 27.0. The number of amides is 1. The zero-order valence-electron chi connectivity index (χ0n) is 24.1. The van der Waals surface area contributed by atoms with Crippen LogP contribution in [-0.2, 0) is 4.79 Å². The normalized spacial score (nSPS) is 32.8. The van der Waals surface area contributed by atoms with Crippen LogP contribution in [0.4, 0.5) is 0 Å². The monoisotopic (exact) mass is 528 g/mol. The van der Waals surface area contributed by atoms with E-state index < -0.39 is 0 Å². The van der Waals surface area contributed by atoms with Gasteiger partial charge < -0.3 is 15.1 Å². The Bertz CT molecular complexity index is 1030. The molecule has 0 aromatic heterocycles. The van der Waals surface area contributed by atoms with E-state index in [9.17, 15) is 4.79 Å². The number of hydrogen-bond donors (Lipinski definition) is 1. The van der Waals surface area contributed by atoms with Gasteiger partial charge >= 0.3 is 0 Å². The fourth-order valence-electron chi connectivity index (χ4n) is 8.44. The summed E-state index contributed by atoms with van der Waals surface area (Å²) in [6.07, 6.45) is 6.71. The molecule has 0 radical (unpaired) electrons. The van der Waals surface area contributed by atoms with Crippen LogP contribution in [0.2, 0.25) is 0 Å². The van der Waals surface area contributed by atoms with Gasteiger partial charge in [0.2, 0.25) is 5.91 Å². The highest BCUT2D eigenvalue weighted by Gasteiger charge is 2.58. The number of fused-ring (bicyclic) bond motifs is 3. The smallest absolute Gasteiger partial charge is 0.221 e. The number of benzene rings is 2. The summed E-state index contributed by atoms with van der Waals surface area (Å²) in [4.78, 5) is 21.2. The molecular weight excluding hydrogens is 480 g/mol. The van der Waals surface area contributed by atoms with Crippen LogP contribution in [0.1, 0.15) is 68.4 Å². The van der Waals surface area contributed by atoms with Gasteiger partial charge in [0.15, 0.2) is 0 Å². The van der Waals surface area contributed by atoms with Crippen LogP contribution in [0, 0.1) is 11.8 Å².